The van der Waals surface area contributed by atoms with Gasteiger partial charge in [-0.25, -0.2) is 19.6 Å². The van der Waals surface area contributed by atoms with Crippen LogP contribution < -0.4 is 124 Å². The first-order valence-electron chi connectivity index (χ1n) is 17.8. The Bertz CT molecular complexity index is 1600. The van der Waals surface area contributed by atoms with Gasteiger partial charge in [0.1, 0.15) is 21.5 Å². The summed E-state index contributed by atoms with van der Waals surface area (Å²) in [5.41, 5.74) is 1.06. The summed E-state index contributed by atoms with van der Waals surface area (Å²) in [6, 6.07) is 7.12. The molecule has 0 aromatic carbocycles. The van der Waals surface area contributed by atoms with Crippen LogP contribution in [-0.4, -0.2) is 137 Å². The van der Waals surface area contributed by atoms with Crippen LogP contribution in [0.25, 0.3) is 0 Å². The summed E-state index contributed by atoms with van der Waals surface area (Å²) in [4.78, 5) is 44.9. The zero-order chi connectivity index (χ0) is 43.2. The molecule has 2 aliphatic rings. The molecule has 2 fully saturated rings. The summed E-state index contributed by atoms with van der Waals surface area (Å²) in [5.74, 6) is 0. The van der Waals surface area contributed by atoms with Crippen LogP contribution in [0, 0.1) is 0 Å². The Morgan fingerprint density at radius 1 is 0.867 bits per heavy atom. The molecule has 0 unspecified atom stereocenters. The molecule has 60 heavy (non-hydrogen) atoms. The summed E-state index contributed by atoms with van der Waals surface area (Å²) in [6.07, 6.45) is 4.97. The largest absolute Gasteiger partial charge is 1.00 e. The predicted molar refractivity (Wildman–Crippen MR) is 219 cm³/mol. The van der Waals surface area contributed by atoms with Gasteiger partial charge >= 0.3 is 115 Å². The Morgan fingerprint density at radius 3 is 1.73 bits per heavy atom. The number of alkyl carbamates (subject to hydrolysis) is 2. The summed E-state index contributed by atoms with van der Waals surface area (Å²) in [7, 11) is -0.0409. The Hall–Kier alpha value is -0.127. The molecule has 0 spiro atoms. The van der Waals surface area contributed by atoms with E-state index < -0.39 is 33.5 Å². The molecule has 0 bridgehead atoms. The molecule has 0 radical (unpaired) electrons. The van der Waals surface area contributed by atoms with Crippen LogP contribution in [-0.2, 0) is 55.8 Å². The molecule has 334 valence electrons. The van der Waals surface area contributed by atoms with E-state index in [9.17, 15) is 18.0 Å². The van der Waals surface area contributed by atoms with Crippen molar-refractivity contribution >= 4 is 52.0 Å². The van der Waals surface area contributed by atoms with Crippen molar-refractivity contribution in [2.24, 2.45) is 0 Å². The Morgan fingerprint density at radius 2 is 1.33 bits per heavy atom. The molecule has 2 amide bonds. The molecule has 3 N–H and O–H groups in total. The fraction of sp³-hybridized carbons (Fsp3) is 0.649. The van der Waals surface area contributed by atoms with E-state index in [4.69, 9.17) is 52.2 Å². The third-order valence-electron chi connectivity index (χ3n) is 7.53. The molecule has 0 saturated carbocycles. The minimum atomic E-state index is -3.35. The average Bonchev–Trinajstić information content (AvgIpc) is 3.73. The number of nitrogens with one attached hydrogen (secondary N) is 3. The second-order valence-electron chi connectivity index (χ2n) is 14.7. The van der Waals surface area contributed by atoms with Crippen molar-refractivity contribution < 1.29 is 160 Å². The maximum absolute atomic E-state index is 12.0. The fourth-order valence-electron chi connectivity index (χ4n) is 5.08. The van der Waals surface area contributed by atoms with Crippen molar-refractivity contribution in [1.82, 2.24) is 30.8 Å². The normalized spacial score (nSPS) is 18.3. The summed E-state index contributed by atoms with van der Waals surface area (Å²) in [6.45, 7) is 14.9. The van der Waals surface area contributed by atoms with Crippen molar-refractivity contribution in [2.75, 3.05) is 59.8 Å². The first-order chi connectivity index (χ1) is 26.6. The van der Waals surface area contributed by atoms with E-state index in [-0.39, 0.29) is 149 Å². The van der Waals surface area contributed by atoms with Gasteiger partial charge in [-0.1, -0.05) is 42.8 Å². The third-order valence-corrected chi connectivity index (χ3v) is 8.57. The van der Waals surface area contributed by atoms with Gasteiger partial charge in [-0.3, -0.25) is 13.9 Å². The maximum Gasteiger partial charge on any atom is 1.00 e. The monoisotopic (exact) mass is 962 g/mol. The number of hydrogen-bond donors (Lipinski definition) is 3. The number of rotatable bonds is 12. The van der Waals surface area contributed by atoms with Crippen LogP contribution in [0.1, 0.15) is 61.5 Å². The van der Waals surface area contributed by atoms with Crippen LogP contribution in [0.4, 0.5) is 9.59 Å². The number of amides is 2. The number of nitrogens with zero attached hydrogens (tertiary/aromatic N) is 3. The number of pyridine rings is 2. The van der Waals surface area contributed by atoms with Gasteiger partial charge in [0.2, 0.25) is 0 Å². The molecule has 23 heteroatoms. The number of likely N-dealkylation sites (tertiary alicyclic amines) is 1. The van der Waals surface area contributed by atoms with E-state index in [2.05, 4.69) is 39.9 Å². The summed E-state index contributed by atoms with van der Waals surface area (Å²) < 4.78 is 47.0. The van der Waals surface area contributed by atoms with Crippen molar-refractivity contribution in [3.63, 3.8) is 0 Å². The number of halogens is 2. The van der Waals surface area contributed by atoms with Crippen LogP contribution in [0.3, 0.4) is 0 Å². The van der Waals surface area contributed by atoms with Gasteiger partial charge in [0.05, 0.1) is 37.2 Å². The van der Waals surface area contributed by atoms with E-state index in [1.165, 1.54) is 0 Å². The molecule has 18 nitrogen and oxygen atoms in total. The number of methoxy groups -OCH3 is 2. The van der Waals surface area contributed by atoms with E-state index in [0.717, 1.165) is 56.5 Å². The smallest absolute Gasteiger partial charge is 1.00 e. The van der Waals surface area contributed by atoms with Gasteiger partial charge < -0.3 is 46.5 Å². The second kappa shape index (κ2) is 33.4. The first kappa shape index (κ1) is 64.2. The minimum Gasteiger partial charge on any atom is -1.00 e. The maximum atomic E-state index is 12.0. The topological polar surface area (TPSA) is 229 Å². The molecule has 2 aromatic rings. The first-order valence-corrected chi connectivity index (χ1v) is 20.4. The zero-order valence-electron chi connectivity index (χ0n) is 36.9. The van der Waals surface area contributed by atoms with Crippen LogP contribution in [0.15, 0.2) is 36.7 Å². The van der Waals surface area contributed by atoms with Gasteiger partial charge in [-0.15, -0.1) is 0 Å². The molecule has 4 rings (SSSR count). The minimum absolute atomic E-state index is 0. The van der Waals surface area contributed by atoms with Crippen molar-refractivity contribution in [1.29, 1.82) is 0 Å². The number of hydrogen-bond acceptors (Lipinski definition) is 16. The second-order valence-corrected chi connectivity index (χ2v) is 17.1. The van der Waals surface area contributed by atoms with Crippen LogP contribution in [0.2, 0.25) is 10.3 Å². The average molecular weight is 964 g/mol. The molecule has 2 aromatic heterocycles. The zero-order valence-corrected chi connectivity index (χ0v) is 44.5. The molecular formula is C37H62Cl2K2N6O12S. The SMILES string of the molecule is C.CO[C@H]1CN(CCc2ccc(Cl)nc2)C[C@@H]1NC(=O)OC(C)(C)C.CO[C@H]1CNC[C@@H]1NC(=O)OC(C)(C)C.CS(=O)(=O)OCCc1ccc(Cl)nc1.O=CO[O-].[H-].[K+].[K+]. The van der Waals surface area contributed by atoms with Gasteiger partial charge in [0, 0.05) is 59.3 Å². The van der Waals surface area contributed by atoms with E-state index in [1.54, 1.807) is 44.8 Å². The number of ether oxygens (including phenoxy) is 4. The third kappa shape index (κ3) is 31.7. The van der Waals surface area contributed by atoms with Crippen molar-refractivity contribution in [3.8, 4) is 0 Å². The van der Waals surface area contributed by atoms with E-state index in [0.29, 0.717) is 16.7 Å². The van der Waals surface area contributed by atoms with Crippen LogP contribution >= 0.6 is 23.2 Å². The van der Waals surface area contributed by atoms with Gasteiger partial charge in [0.25, 0.3) is 16.6 Å². The Kier molecular flexibility index (Phi) is 35.7. The van der Waals surface area contributed by atoms with Crippen molar-refractivity contribution in [3.05, 3.63) is 58.1 Å². The van der Waals surface area contributed by atoms with Gasteiger partial charge in [-0.2, -0.15) is 8.42 Å². The molecule has 0 aliphatic carbocycles. The van der Waals surface area contributed by atoms with Gasteiger partial charge in [-0.05, 0) is 77.6 Å². The number of carbonyl (C=O) groups is 3. The molecule has 4 atom stereocenters. The Labute approximate surface area is 452 Å². The molecule has 4 heterocycles. The fourth-order valence-corrected chi connectivity index (χ4v) is 5.69. The number of carbonyl (C=O) groups excluding carboxylic acids is 3. The summed E-state index contributed by atoms with van der Waals surface area (Å²) >= 11 is 11.4. The van der Waals surface area contributed by atoms with E-state index in [1.807, 2.05) is 47.6 Å². The molecular weight excluding hydrogens is 902 g/mol. The quantitative estimate of drug-likeness (QED) is 0.0497. The molecule has 2 aliphatic heterocycles. The molecule has 2 saturated heterocycles. The standard InChI is InChI=1S/C17H26ClN3O3.C10H20N2O3.C8H10ClNO3S.CH2O3.CH4.2K.H/c1-17(2,3)24-16(22)20-13-10-21(11-14(13)23-4)8-7-12-5-6-15(18)19-9-12;1-10(2,3)15-9(13)12-7-5-11-6-8(7)14-4;1-14(11,12)13-5-4-7-2-3-8(9)10-6-7;2-1-4-3;;;;/h5-6,9,13-14H,7-8,10-11H2,1-4H3,(H,20,22);7-8,11H,5-6H2,1-4H3,(H,12,13);2-3,6H,4-5H2,1H3;1,3H;1H4;;;/q;;;;;2*+1;-1/p-1/t13-,14-;7-,8-;;;;;;/m00....../s1. The predicted octanol–water partition coefficient (Wildman–Crippen LogP) is -2.56. The number of aromatic nitrogens is 2. The van der Waals surface area contributed by atoms with E-state index >= 15 is 0 Å². The van der Waals surface area contributed by atoms with Gasteiger partial charge in [0.15, 0.2) is 0 Å². The Balaban J connectivity index is -0.000000385. The van der Waals surface area contributed by atoms with Crippen molar-refractivity contribution in [2.45, 2.75) is 97.3 Å². The summed E-state index contributed by atoms with van der Waals surface area (Å²) in [5, 5.41) is 18.2. The van der Waals surface area contributed by atoms with Crippen LogP contribution in [0.5, 0.6) is 0 Å².